The van der Waals surface area contributed by atoms with Gasteiger partial charge in [0.2, 0.25) is 5.91 Å². The number of hydrogen-bond acceptors (Lipinski definition) is 9. The zero-order valence-electron chi connectivity index (χ0n) is 22.3. The second-order valence-corrected chi connectivity index (χ2v) is 11.2. The number of amides is 2. The maximum absolute atomic E-state index is 13.6. The summed E-state index contributed by atoms with van der Waals surface area (Å²) in [5, 5.41) is 8.51. The van der Waals surface area contributed by atoms with E-state index in [1.165, 1.54) is 11.3 Å². The third-order valence-electron chi connectivity index (χ3n) is 5.46. The third-order valence-corrected chi connectivity index (χ3v) is 6.68. The van der Waals surface area contributed by atoms with Gasteiger partial charge in [0.1, 0.15) is 28.0 Å². The molecule has 2 aromatic carbocycles. The van der Waals surface area contributed by atoms with Crippen molar-refractivity contribution in [3.8, 4) is 0 Å². The molecule has 0 saturated heterocycles. The molecule has 0 aliphatic heterocycles. The normalized spacial score (nSPS) is 13.7. The lowest BCUT2D eigenvalue weighted by atomic mass is 10.0. The van der Waals surface area contributed by atoms with Crippen molar-refractivity contribution in [1.82, 2.24) is 15.6 Å². The molecule has 0 aliphatic rings. The van der Waals surface area contributed by atoms with Gasteiger partial charge in [0.15, 0.2) is 0 Å². The predicted molar refractivity (Wildman–Crippen MR) is 149 cm³/mol. The van der Waals surface area contributed by atoms with Gasteiger partial charge in [-0.1, -0.05) is 49.4 Å². The van der Waals surface area contributed by atoms with E-state index in [0.717, 1.165) is 28.2 Å². The molecule has 3 N–H and O–H groups in total. The van der Waals surface area contributed by atoms with Crippen LogP contribution in [-0.4, -0.2) is 37.4 Å². The average Bonchev–Trinajstić information content (AvgIpc) is 3.36. The fraction of sp³-hybridized carbons (Fsp3) is 0.370. The number of ether oxygens (including phenoxy) is 1. The number of nitrogens with zero attached hydrogens (tertiary/aromatic N) is 1. The Morgan fingerprint density at radius 3 is 2.28 bits per heavy atom. The van der Waals surface area contributed by atoms with Crippen molar-refractivity contribution in [2.45, 2.75) is 64.6 Å². The highest BCUT2D eigenvalue weighted by atomic mass is 32.2. The van der Waals surface area contributed by atoms with Crippen molar-refractivity contribution in [3.63, 3.8) is 0 Å². The van der Waals surface area contributed by atoms with Gasteiger partial charge in [-0.25, -0.2) is 14.0 Å². The minimum Gasteiger partial charge on any atom is -0.748 e. The van der Waals surface area contributed by atoms with E-state index in [1.54, 1.807) is 45.0 Å². The summed E-state index contributed by atoms with van der Waals surface area (Å²) >= 11 is -1.24. The number of benzene rings is 2. The lowest BCUT2D eigenvalue weighted by molar-refractivity contribution is -0.124. The molecule has 0 bridgehead atoms. The number of carbonyl (C=O) groups is 2. The minimum absolute atomic E-state index is 0.276. The maximum atomic E-state index is 13.6. The molecule has 1 aromatic heterocycles. The highest BCUT2D eigenvalue weighted by Crippen LogP contribution is 2.24. The lowest BCUT2D eigenvalue weighted by Crippen LogP contribution is -2.50. The van der Waals surface area contributed by atoms with Gasteiger partial charge < -0.3 is 19.9 Å². The molecule has 1 heterocycles. The molecule has 3 aromatic rings. The van der Waals surface area contributed by atoms with E-state index < -0.39 is 35.1 Å². The number of alkyl carbamates (subject to hydrolysis) is 1. The van der Waals surface area contributed by atoms with Crippen LogP contribution in [0.4, 0.5) is 10.5 Å². The van der Waals surface area contributed by atoms with Crippen LogP contribution < -0.4 is 16.1 Å². The van der Waals surface area contributed by atoms with Gasteiger partial charge in [0.25, 0.3) is 0 Å². The highest BCUT2D eigenvalue weighted by Gasteiger charge is 2.28. The fourth-order valence-electron chi connectivity index (χ4n) is 3.65. The monoisotopic (exact) mass is 573 g/mol. The fourth-order valence-corrected chi connectivity index (χ4v) is 4.77. The summed E-state index contributed by atoms with van der Waals surface area (Å²) in [6.45, 7) is 7.29. The summed E-state index contributed by atoms with van der Waals surface area (Å²) in [5.74, 6) is -0.368. The Morgan fingerprint density at radius 2 is 1.69 bits per heavy atom. The van der Waals surface area contributed by atoms with Crippen molar-refractivity contribution < 1.29 is 27.4 Å². The van der Waals surface area contributed by atoms with Gasteiger partial charge in [0.05, 0.1) is 17.4 Å². The van der Waals surface area contributed by atoms with E-state index in [0.29, 0.717) is 12.1 Å². The summed E-state index contributed by atoms with van der Waals surface area (Å²) in [5.41, 5.74) is 4.75. The smallest absolute Gasteiger partial charge is 0.408 e. The summed E-state index contributed by atoms with van der Waals surface area (Å²) < 4.78 is 31.0. The number of rotatable bonds is 12. The van der Waals surface area contributed by atoms with Crippen molar-refractivity contribution in [2.75, 3.05) is 5.48 Å². The number of hydrogen-bond donors (Lipinski definition) is 3. The zero-order chi connectivity index (χ0) is 28.4. The molecule has 0 radical (unpaired) electrons. The van der Waals surface area contributed by atoms with Crippen molar-refractivity contribution in [2.24, 2.45) is 0 Å². The molecule has 10 nitrogen and oxygen atoms in total. The topological polar surface area (TPSA) is 142 Å². The summed E-state index contributed by atoms with van der Waals surface area (Å²) in [6, 6.07) is 15.0. The highest BCUT2D eigenvalue weighted by molar-refractivity contribution is 7.74. The Kier molecular flexibility index (Phi) is 11.0. The lowest BCUT2D eigenvalue weighted by Gasteiger charge is -2.25. The SMILES string of the molecule is CCc1csc([C@H](Cc2ccc(NOS(=O)[O-])cc2)NC(=O)[C@H](Cc2ccccc2)NC(=O)OC(C)(C)C)n1. The number of nitrogens with one attached hydrogen (secondary N) is 3. The Labute approximate surface area is 235 Å². The third kappa shape index (κ3) is 10.4. The molecular formula is C27H33N4O6S2-. The summed E-state index contributed by atoms with van der Waals surface area (Å²) in [7, 11) is 0. The van der Waals surface area contributed by atoms with Crippen LogP contribution in [0.5, 0.6) is 0 Å². The van der Waals surface area contributed by atoms with E-state index >= 15 is 0 Å². The van der Waals surface area contributed by atoms with E-state index in [1.807, 2.05) is 42.6 Å². The Bertz CT molecular complexity index is 1250. The number of aryl methyl sites for hydroxylation is 1. The first-order valence-corrected chi connectivity index (χ1v) is 14.3. The first-order valence-electron chi connectivity index (χ1n) is 12.4. The van der Waals surface area contributed by atoms with Gasteiger partial charge >= 0.3 is 6.09 Å². The number of thiazole rings is 1. The van der Waals surface area contributed by atoms with Gasteiger partial charge in [-0.05, 0) is 56.9 Å². The van der Waals surface area contributed by atoms with Crippen molar-refractivity contribution in [3.05, 3.63) is 81.8 Å². The number of anilines is 1. The van der Waals surface area contributed by atoms with Crippen LogP contribution in [0.3, 0.4) is 0 Å². The molecule has 210 valence electrons. The van der Waals surface area contributed by atoms with Crippen LogP contribution in [0.2, 0.25) is 0 Å². The molecule has 39 heavy (non-hydrogen) atoms. The van der Waals surface area contributed by atoms with Crippen LogP contribution in [0.1, 0.15) is 55.6 Å². The zero-order valence-corrected chi connectivity index (χ0v) is 23.9. The largest absolute Gasteiger partial charge is 0.748 e. The molecular weight excluding hydrogens is 540 g/mol. The molecule has 0 fully saturated rings. The first kappa shape index (κ1) is 30.2. The standard InChI is InChI=1S/C27H34N4O6S2/c1-5-20-17-38-25(28-20)23(16-19-11-13-21(14-12-19)31-37-39(34)35)29-24(32)22(15-18-9-7-6-8-10-18)30-26(33)36-27(2,3)4/h6-14,17,22-23,31H,5,15-16H2,1-4H3,(H,29,32)(H,30,33)(H,34,35)/p-1/t22-,23-/m0/s1. The van der Waals surface area contributed by atoms with E-state index in [-0.39, 0.29) is 12.3 Å². The van der Waals surface area contributed by atoms with Gasteiger partial charge in [-0.2, -0.15) is 4.28 Å². The molecule has 2 amide bonds. The van der Waals surface area contributed by atoms with Crippen LogP contribution in [0, 0.1) is 0 Å². The van der Waals surface area contributed by atoms with Gasteiger partial charge in [-0.15, -0.1) is 11.3 Å². The molecule has 0 aliphatic carbocycles. The first-order chi connectivity index (χ1) is 18.5. The average molecular weight is 574 g/mol. The van der Waals surface area contributed by atoms with Crippen LogP contribution in [0.15, 0.2) is 60.0 Å². The molecule has 0 spiro atoms. The van der Waals surface area contributed by atoms with Crippen LogP contribution in [-0.2, 0) is 44.4 Å². The summed E-state index contributed by atoms with van der Waals surface area (Å²) in [4.78, 5) is 30.9. The summed E-state index contributed by atoms with van der Waals surface area (Å²) in [6.07, 6.45) is 0.775. The Hall–Kier alpha value is -3.32. The molecule has 3 rings (SSSR count). The van der Waals surface area contributed by atoms with E-state index in [9.17, 15) is 18.4 Å². The van der Waals surface area contributed by atoms with Gasteiger partial charge in [0, 0.05) is 11.8 Å². The van der Waals surface area contributed by atoms with E-state index in [2.05, 4.69) is 25.4 Å². The quantitative estimate of drug-likeness (QED) is 0.214. The second kappa shape index (κ2) is 14.2. The Balaban J connectivity index is 1.81. The number of aromatic nitrogens is 1. The minimum atomic E-state index is -2.70. The molecule has 12 heteroatoms. The van der Waals surface area contributed by atoms with Crippen molar-refractivity contribution in [1.29, 1.82) is 0 Å². The second-order valence-electron chi connectivity index (χ2n) is 9.77. The Morgan fingerprint density at radius 1 is 1.03 bits per heavy atom. The van der Waals surface area contributed by atoms with Gasteiger partial charge in [-0.3, -0.25) is 10.3 Å². The maximum Gasteiger partial charge on any atom is 0.408 e. The van der Waals surface area contributed by atoms with E-state index in [4.69, 9.17) is 4.74 Å². The van der Waals surface area contributed by atoms with Crippen LogP contribution >= 0.6 is 11.3 Å². The molecule has 1 unspecified atom stereocenters. The van der Waals surface area contributed by atoms with Crippen molar-refractivity contribution >= 4 is 40.4 Å². The van der Waals surface area contributed by atoms with Crippen LogP contribution in [0.25, 0.3) is 0 Å². The molecule has 3 atom stereocenters. The number of carbonyl (C=O) groups excluding carboxylic acids is 2. The molecule has 0 saturated carbocycles. The predicted octanol–water partition coefficient (Wildman–Crippen LogP) is 4.38.